The van der Waals surface area contributed by atoms with Gasteiger partial charge < -0.3 is 10.1 Å². The monoisotopic (exact) mass is 395 g/mol. The van der Waals surface area contributed by atoms with Crippen molar-refractivity contribution in [1.29, 1.82) is 0 Å². The van der Waals surface area contributed by atoms with E-state index in [0.29, 0.717) is 30.5 Å². The number of para-hydroxylation sites is 1. The van der Waals surface area contributed by atoms with Crippen LogP contribution in [0.15, 0.2) is 64.2 Å². The number of nitrogens with one attached hydrogen (secondary N) is 1. The molecule has 0 saturated carbocycles. The van der Waals surface area contributed by atoms with E-state index in [1.165, 1.54) is 9.13 Å². The van der Waals surface area contributed by atoms with Gasteiger partial charge in [-0.3, -0.25) is 18.7 Å². The zero-order valence-electron chi connectivity index (χ0n) is 16.6. The van der Waals surface area contributed by atoms with Gasteiger partial charge in [0.2, 0.25) is 5.91 Å². The molecular formula is C22H25N3O4. The lowest BCUT2D eigenvalue weighted by Gasteiger charge is -2.21. The number of carbonyl (C=O) groups excluding carboxylic acids is 1. The Balaban J connectivity index is 2.16. The fraction of sp³-hybridized carbons (Fsp3) is 0.318. The highest BCUT2D eigenvalue weighted by Gasteiger charge is 2.24. The molecule has 29 heavy (non-hydrogen) atoms. The molecule has 2 aromatic carbocycles. The van der Waals surface area contributed by atoms with Crippen molar-refractivity contribution in [3.63, 3.8) is 0 Å². The second-order valence-corrected chi connectivity index (χ2v) is 6.75. The van der Waals surface area contributed by atoms with Crippen molar-refractivity contribution in [3.05, 3.63) is 81.0 Å². The first-order chi connectivity index (χ1) is 14.1. The molecule has 0 fully saturated rings. The summed E-state index contributed by atoms with van der Waals surface area (Å²) in [5.74, 6) is -0.276. The molecule has 1 aromatic heterocycles. The average Bonchev–Trinajstić information content (AvgIpc) is 2.75. The van der Waals surface area contributed by atoms with Gasteiger partial charge in [-0.1, -0.05) is 49.4 Å². The smallest absolute Gasteiger partial charge is 0.332 e. The number of amides is 1. The van der Waals surface area contributed by atoms with Crippen LogP contribution in [-0.2, 0) is 16.1 Å². The van der Waals surface area contributed by atoms with E-state index < -0.39 is 11.7 Å². The molecule has 1 heterocycles. The molecule has 0 radical (unpaired) electrons. The predicted molar refractivity (Wildman–Crippen MR) is 112 cm³/mol. The zero-order valence-corrected chi connectivity index (χ0v) is 16.6. The van der Waals surface area contributed by atoms with Crippen LogP contribution in [0.1, 0.15) is 24.9 Å². The molecule has 3 rings (SSSR count). The van der Waals surface area contributed by atoms with E-state index in [9.17, 15) is 14.4 Å². The number of nitrogens with zero attached hydrogens (tertiary/aromatic N) is 2. The minimum absolute atomic E-state index is 0.144. The lowest BCUT2D eigenvalue weighted by Crippen LogP contribution is -2.45. The number of fused-ring (bicyclic) bond motifs is 1. The molecule has 0 aliphatic rings. The first kappa shape index (κ1) is 20.5. The molecule has 1 unspecified atom stereocenters. The summed E-state index contributed by atoms with van der Waals surface area (Å²) in [7, 11) is 1.56. The predicted octanol–water partition coefficient (Wildman–Crippen LogP) is 1.93. The van der Waals surface area contributed by atoms with Gasteiger partial charge in [-0.15, -0.1) is 0 Å². The van der Waals surface area contributed by atoms with E-state index in [4.69, 9.17) is 4.74 Å². The lowest BCUT2D eigenvalue weighted by molar-refractivity contribution is -0.124. The molecule has 0 aliphatic heterocycles. The number of benzene rings is 2. The van der Waals surface area contributed by atoms with Gasteiger partial charge in [0.15, 0.2) is 0 Å². The Hall–Kier alpha value is -3.19. The Bertz CT molecular complexity index is 1100. The molecule has 152 valence electrons. The molecule has 1 amide bonds. The number of rotatable bonds is 8. The van der Waals surface area contributed by atoms with E-state index >= 15 is 0 Å². The van der Waals surface area contributed by atoms with E-state index in [2.05, 4.69) is 5.32 Å². The van der Waals surface area contributed by atoms with Crippen LogP contribution in [0.5, 0.6) is 0 Å². The molecule has 0 spiro atoms. The van der Waals surface area contributed by atoms with E-state index in [1.807, 2.05) is 37.3 Å². The Morgan fingerprint density at radius 3 is 2.45 bits per heavy atom. The largest absolute Gasteiger partial charge is 0.383 e. The third kappa shape index (κ3) is 4.30. The van der Waals surface area contributed by atoms with Gasteiger partial charge in [-0.25, -0.2) is 4.79 Å². The van der Waals surface area contributed by atoms with Gasteiger partial charge in [0.25, 0.3) is 5.56 Å². The van der Waals surface area contributed by atoms with Crippen molar-refractivity contribution in [1.82, 2.24) is 14.5 Å². The van der Waals surface area contributed by atoms with E-state index in [-0.39, 0.29) is 18.0 Å². The topological polar surface area (TPSA) is 82.3 Å². The van der Waals surface area contributed by atoms with Gasteiger partial charge >= 0.3 is 5.69 Å². The van der Waals surface area contributed by atoms with Crippen LogP contribution >= 0.6 is 0 Å². The van der Waals surface area contributed by atoms with Crippen molar-refractivity contribution in [3.8, 4) is 0 Å². The van der Waals surface area contributed by atoms with Crippen LogP contribution in [0, 0.1) is 0 Å². The Labute approximate surface area is 168 Å². The number of ether oxygens (including phenoxy) is 1. The summed E-state index contributed by atoms with van der Waals surface area (Å²) >= 11 is 0. The van der Waals surface area contributed by atoms with E-state index in [1.54, 1.807) is 31.4 Å². The van der Waals surface area contributed by atoms with Crippen molar-refractivity contribution in [2.75, 3.05) is 20.3 Å². The fourth-order valence-electron chi connectivity index (χ4n) is 3.42. The van der Waals surface area contributed by atoms with Crippen LogP contribution in [0.4, 0.5) is 0 Å². The second kappa shape index (κ2) is 9.34. The van der Waals surface area contributed by atoms with Gasteiger partial charge in [-0.2, -0.15) is 0 Å². The fourth-order valence-corrected chi connectivity index (χ4v) is 3.42. The molecule has 3 aromatic rings. The minimum Gasteiger partial charge on any atom is -0.383 e. The highest BCUT2D eigenvalue weighted by Crippen LogP contribution is 2.16. The molecule has 0 aliphatic carbocycles. The van der Waals surface area contributed by atoms with Crippen molar-refractivity contribution in [2.45, 2.75) is 25.9 Å². The van der Waals surface area contributed by atoms with E-state index in [0.717, 1.165) is 5.56 Å². The number of methoxy groups -OCH3 is 1. The summed E-state index contributed by atoms with van der Waals surface area (Å²) in [6, 6.07) is 15.5. The molecule has 0 bridgehead atoms. The molecule has 7 nitrogen and oxygen atoms in total. The van der Waals surface area contributed by atoms with Crippen LogP contribution in [0.2, 0.25) is 0 Å². The van der Waals surface area contributed by atoms with Crippen LogP contribution in [0.25, 0.3) is 10.9 Å². The highest BCUT2D eigenvalue weighted by atomic mass is 16.5. The summed E-state index contributed by atoms with van der Waals surface area (Å²) in [5.41, 5.74) is 0.443. The molecular weight excluding hydrogens is 370 g/mol. The second-order valence-electron chi connectivity index (χ2n) is 6.75. The Morgan fingerprint density at radius 2 is 1.76 bits per heavy atom. The number of hydrogen-bond donors (Lipinski definition) is 1. The number of aromatic nitrogens is 2. The first-order valence-electron chi connectivity index (χ1n) is 9.63. The number of carbonyl (C=O) groups is 1. The third-order valence-electron chi connectivity index (χ3n) is 4.87. The van der Waals surface area contributed by atoms with Gasteiger partial charge in [-0.05, 0) is 24.1 Å². The van der Waals surface area contributed by atoms with Gasteiger partial charge in [0, 0.05) is 13.7 Å². The Kier molecular flexibility index (Phi) is 6.61. The molecule has 1 atom stereocenters. The average molecular weight is 395 g/mol. The maximum absolute atomic E-state index is 13.4. The van der Waals surface area contributed by atoms with Gasteiger partial charge in [0.05, 0.1) is 24.1 Å². The van der Waals surface area contributed by atoms with Crippen molar-refractivity contribution >= 4 is 16.8 Å². The van der Waals surface area contributed by atoms with Crippen LogP contribution in [0.3, 0.4) is 0 Å². The first-order valence-corrected chi connectivity index (χ1v) is 9.63. The summed E-state index contributed by atoms with van der Waals surface area (Å²) in [4.78, 5) is 39.2. The number of hydrogen-bond acceptors (Lipinski definition) is 4. The van der Waals surface area contributed by atoms with Gasteiger partial charge in [0.1, 0.15) is 6.04 Å². The zero-order chi connectivity index (χ0) is 20.8. The summed E-state index contributed by atoms with van der Waals surface area (Å²) < 4.78 is 7.61. The maximum Gasteiger partial charge on any atom is 0.332 e. The highest BCUT2D eigenvalue weighted by molar-refractivity contribution is 5.84. The SMILES string of the molecule is CCC(C(=O)NCCOC)n1c(=O)n(Cc2ccccc2)c(=O)c2ccccc21. The van der Waals surface area contributed by atoms with Crippen molar-refractivity contribution in [2.24, 2.45) is 0 Å². The molecule has 0 saturated heterocycles. The minimum atomic E-state index is -0.730. The molecule has 7 heteroatoms. The Morgan fingerprint density at radius 1 is 1.07 bits per heavy atom. The maximum atomic E-state index is 13.4. The summed E-state index contributed by atoms with van der Waals surface area (Å²) in [6.45, 7) is 2.72. The van der Waals surface area contributed by atoms with Crippen molar-refractivity contribution < 1.29 is 9.53 Å². The normalized spacial score (nSPS) is 12.1. The molecule has 1 N–H and O–H groups in total. The third-order valence-corrected chi connectivity index (χ3v) is 4.87. The quantitative estimate of drug-likeness (QED) is 0.591. The summed E-state index contributed by atoms with van der Waals surface area (Å²) in [6.07, 6.45) is 0.409. The lowest BCUT2D eigenvalue weighted by atomic mass is 10.1. The summed E-state index contributed by atoms with van der Waals surface area (Å²) in [5, 5.41) is 3.21. The van der Waals surface area contributed by atoms with Crippen LogP contribution < -0.4 is 16.6 Å². The van der Waals surface area contributed by atoms with Crippen LogP contribution in [-0.4, -0.2) is 35.3 Å². The standard InChI is InChI=1S/C22H25N3O4/c1-3-18(20(26)23-13-14-29-2)25-19-12-8-7-11-17(19)21(27)24(22(25)28)15-16-9-5-4-6-10-16/h4-12,18H,3,13-15H2,1-2H3,(H,23,26).